The number of likely N-dealkylation sites (tertiary alicyclic amines) is 1. The number of halogens is 1. The van der Waals surface area contributed by atoms with Crippen LogP contribution in [0.1, 0.15) is 42.0 Å². The Bertz CT molecular complexity index is 1420. The second kappa shape index (κ2) is 11.4. The quantitative estimate of drug-likeness (QED) is 0.276. The molecule has 1 aliphatic rings. The van der Waals surface area contributed by atoms with Gasteiger partial charge in [-0.2, -0.15) is 0 Å². The van der Waals surface area contributed by atoms with Crippen molar-refractivity contribution in [2.45, 2.75) is 25.8 Å². The van der Waals surface area contributed by atoms with Crippen LogP contribution in [0.4, 0.5) is 10.2 Å². The summed E-state index contributed by atoms with van der Waals surface area (Å²) in [6.07, 6.45) is 14.7. The molecule has 1 saturated heterocycles. The van der Waals surface area contributed by atoms with E-state index in [4.69, 9.17) is 10.7 Å². The highest BCUT2D eigenvalue weighted by molar-refractivity contribution is 5.96. The zero-order chi connectivity index (χ0) is 26.4. The highest BCUT2D eigenvalue weighted by Crippen LogP contribution is 2.36. The second-order valence-electron chi connectivity index (χ2n) is 8.35. The minimum absolute atomic E-state index is 0.102. The third-order valence-corrected chi connectivity index (χ3v) is 6.04. The average Bonchev–Trinajstić information content (AvgIpc) is 3.53. The fourth-order valence-electron chi connectivity index (χ4n) is 4.34. The lowest BCUT2D eigenvalue weighted by Crippen LogP contribution is -2.29. The van der Waals surface area contributed by atoms with Gasteiger partial charge in [0.15, 0.2) is 0 Å². The fraction of sp³-hybridized carbons (Fsp3) is 0.222. The van der Waals surface area contributed by atoms with Crippen LogP contribution in [0, 0.1) is 5.82 Å². The van der Waals surface area contributed by atoms with E-state index < -0.39 is 11.7 Å². The first-order chi connectivity index (χ1) is 18.0. The third-order valence-electron chi connectivity index (χ3n) is 6.04. The van der Waals surface area contributed by atoms with E-state index in [9.17, 15) is 9.59 Å². The molecule has 1 fully saturated rings. The largest absolute Gasteiger partial charge is 0.382 e. The Labute approximate surface area is 213 Å². The molecule has 3 aromatic rings. The normalized spacial score (nSPS) is 15.9. The van der Waals surface area contributed by atoms with Gasteiger partial charge in [0.25, 0.3) is 5.91 Å². The number of fused-ring (bicyclic) bond motifs is 1. The van der Waals surface area contributed by atoms with Crippen LogP contribution in [-0.4, -0.2) is 50.4 Å². The van der Waals surface area contributed by atoms with Crippen molar-refractivity contribution in [3.8, 4) is 11.3 Å². The van der Waals surface area contributed by atoms with Crippen LogP contribution < -0.4 is 11.1 Å². The van der Waals surface area contributed by atoms with E-state index in [1.807, 2.05) is 19.1 Å². The topological polar surface area (TPSA) is 118 Å². The standard InChI is InChI=1S/C27H28FN7O2/c1-3-5-6-11-30-12-13-32-27(37)19-10-9-18(17-20(19)28)23-24-25(29)31-14-16-35(24)26(33-23)21-8-7-15-34(21)22(36)4-2/h3-6,9-12,14,16-17,21H,2,7-8,13,15H2,1H3,(H2,29,31)(H,32,37)/b5-3-,11-6-,30-12?/t21-/m0/s1. The van der Waals surface area contributed by atoms with Gasteiger partial charge in [0, 0.05) is 36.9 Å². The second-order valence-corrected chi connectivity index (χ2v) is 8.35. The van der Waals surface area contributed by atoms with Crippen molar-refractivity contribution >= 4 is 29.4 Å². The van der Waals surface area contributed by atoms with Crippen molar-refractivity contribution in [2.24, 2.45) is 4.99 Å². The Kier molecular flexibility index (Phi) is 7.87. The number of aromatic nitrogens is 3. The van der Waals surface area contributed by atoms with E-state index >= 15 is 4.39 Å². The molecule has 1 aromatic carbocycles. The molecule has 0 radical (unpaired) electrons. The summed E-state index contributed by atoms with van der Waals surface area (Å²) in [5.41, 5.74) is 7.47. The Hall–Kier alpha value is -4.60. The number of aliphatic imine (C=N–C) groups is 1. The van der Waals surface area contributed by atoms with Crippen LogP contribution >= 0.6 is 0 Å². The molecule has 0 saturated carbocycles. The van der Waals surface area contributed by atoms with Crippen molar-refractivity contribution in [1.82, 2.24) is 24.6 Å². The number of allylic oxidation sites excluding steroid dienone is 3. The van der Waals surface area contributed by atoms with Crippen molar-refractivity contribution in [2.75, 3.05) is 18.8 Å². The number of rotatable bonds is 8. The summed E-state index contributed by atoms with van der Waals surface area (Å²) in [6.45, 7) is 6.23. The van der Waals surface area contributed by atoms with Gasteiger partial charge in [0.2, 0.25) is 5.91 Å². The van der Waals surface area contributed by atoms with Crippen LogP contribution in [0.3, 0.4) is 0 Å². The van der Waals surface area contributed by atoms with Crippen LogP contribution in [0.2, 0.25) is 0 Å². The third kappa shape index (κ3) is 5.32. The molecule has 0 unspecified atom stereocenters. The number of carbonyl (C=O) groups is 2. The first-order valence-electron chi connectivity index (χ1n) is 11.9. The van der Waals surface area contributed by atoms with Gasteiger partial charge < -0.3 is 16.0 Å². The molecule has 2 aromatic heterocycles. The molecule has 37 heavy (non-hydrogen) atoms. The molecule has 190 valence electrons. The van der Waals surface area contributed by atoms with E-state index in [1.165, 1.54) is 24.4 Å². The summed E-state index contributed by atoms with van der Waals surface area (Å²) in [7, 11) is 0. The maximum Gasteiger partial charge on any atom is 0.254 e. The monoisotopic (exact) mass is 501 g/mol. The summed E-state index contributed by atoms with van der Waals surface area (Å²) in [5.74, 6) is -0.607. The molecule has 0 aliphatic carbocycles. The van der Waals surface area contributed by atoms with Crippen molar-refractivity contribution < 1.29 is 14.0 Å². The summed E-state index contributed by atoms with van der Waals surface area (Å²) in [4.78, 5) is 39.6. The number of hydrogen-bond acceptors (Lipinski definition) is 6. The number of amides is 2. The van der Waals surface area contributed by atoms with Gasteiger partial charge in [0.05, 0.1) is 18.2 Å². The molecule has 2 amide bonds. The van der Waals surface area contributed by atoms with Crippen LogP contribution in [0.15, 0.2) is 72.7 Å². The van der Waals surface area contributed by atoms with E-state index in [-0.39, 0.29) is 29.9 Å². The molecular weight excluding hydrogens is 473 g/mol. The number of imidazole rings is 1. The smallest absolute Gasteiger partial charge is 0.254 e. The predicted molar refractivity (Wildman–Crippen MR) is 141 cm³/mol. The van der Waals surface area contributed by atoms with Gasteiger partial charge in [-0.15, -0.1) is 0 Å². The van der Waals surface area contributed by atoms with Crippen LogP contribution in [0.25, 0.3) is 16.8 Å². The number of benzene rings is 1. The Balaban J connectivity index is 1.63. The van der Waals surface area contributed by atoms with E-state index in [0.29, 0.717) is 29.1 Å². The molecule has 1 aliphatic heterocycles. The summed E-state index contributed by atoms with van der Waals surface area (Å²) in [6, 6.07) is 4.00. The highest BCUT2D eigenvalue weighted by atomic mass is 19.1. The summed E-state index contributed by atoms with van der Waals surface area (Å²) >= 11 is 0. The van der Waals surface area contributed by atoms with Gasteiger partial charge >= 0.3 is 0 Å². The Morgan fingerprint density at radius 1 is 1.35 bits per heavy atom. The maximum absolute atomic E-state index is 15.1. The summed E-state index contributed by atoms with van der Waals surface area (Å²) in [5, 5.41) is 2.62. The SMILES string of the molecule is C=CC(=O)N1CCC[C@H]1c1nc(-c2ccc(C(=O)NCC=N/C=C\C=C/C)c(F)c2)c2c(N)nccn12. The number of nitrogens with one attached hydrogen (secondary N) is 1. The predicted octanol–water partition coefficient (Wildman–Crippen LogP) is 3.86. The number of carbonyl (C=O) groups excluding carboxylic acids is 2. The lowest BCUT2D eigenvalue weighted by molar-refractivity contribution is -0.127. The minimum Gasteiger partial charge on any atom is -0.382 e. The van der Waals surface area contributed by atoms with E-state index in [1.54, 1.807) is 40.0 Å². The highest BCUT2D eigenvalue weighted by Gasteiger charge is 2.33. The number of nitrogens with two attached hydrogens (primary N) is 1. The lowest BCUT2D eigenvalue weighted by Gasteiger charge is -2.22. The zero-order valence-electron chi connectivity index (χ0n) is 20.5. The van der Waals surface area contributed by atoms with E-state index in [2.05, 4.69) is 21.9 Å². The van der Waals surface area contributed by atoms with Gasteiger partial charge in [-0.25, -0.2) is 14.4 Å². The van der Waals surface area contributed by atoms with Gasteiger partial charge in [-0.1, -0.05) is 24.8 Å². The zero-order valence-corrected chi connectivity index (χ0v) is 20.5. The first kappa shape index (κ1) is 25.5. The molecule has 0 spiro atoms. The van der Waals surface area contributed by atoms with Crippen molar-refractivity contribution in [3.63, 3.8) is 0 Å². The number of anilines is 1. The van der Waals surface area contributed by atoms with E-state index in [0.717, 1.165) is 12.8 Å². The van der Waals surface area contributed by atoms with Crippen molar-refractivity contribution in [1.29, 1.82) is 0 Å². The molecule has 1 atom stereocenters. The van der Waals surface area contributed by atoms with Crippen LogP contribution in [0.5, 0.6) is 0 Å². The Morgan fingerprint density at radius 2 is 2.19 bits per heavy atom. The van der Waals surface area contributed by atoms with Crippen LogP contribution in [-0.2, 0) is 4.79 Å². The number of hydrogen-bond donors (Lipinski definition) is 2. The minimum atomic E-state index is -0.700. The molecule has 3 heterocycles. The average molecular weight is 502 g/mol. The van der Waals surface area contributed by atoms with Gasteiger partial charge in [-0.05, 0) is 44.1 Å². The first-order valence-corrected chi connectivity index (χ1v) is 11.9. The maximum atomic E-state index is 15.1. The van der Waals surface area contributed by atoms with Gasteiger partial charge in [-0.3, -0.25) is 19.0 Å². The molecule has 3 N–H and O–H groups in total. The lowest BCUT2D eigenvalue weighted by atomic mass is 10.1. The molecule has 0 bridgehead atoms. The molecule has 10 heteroatoms. The molecule has 4 rings (SSSR count). The Morgan fingerprint density at radius 3 is 2.95 bits per heavy atom. The molecular formula is C27H28FN7O2. The van der Waals surface area contributed by atoms with Crippen molar-refractivity contribution in [3.05, 3.63) is 84.9 Å². The number of nitrogen functional groups attached to an aromatic ring is 1. The van der Waals surface area contributed by atoms with Gasteiger partial charge in [0.1, 0.15) is 28.7 Å². The summed E-state index contributed by atoms with van der Waals surface area (Å²) < 4.78 is 16.9. The fourth-order valence-corrected chi connectivity index (χ4v) is 4.34. The number of nitrogens with zero attached hydrogens (tertiary/aromatic N) is 5. The molecule has 9 nitrogen and oxygen atoms in total.